The van der Waals surface area contributed by atoms with Crippen LogP contribution in [0.2, 0.25) is 0 Å². The highest BCUT2D eigenvalue weighted by molar-refractivity contribution is 9.10. The van der Waals surface area contributed by atoms with Gasteiger partial charge in [0.2, 0.25) is 0 Å². The first-order valence-electron chi connectivity index (χ1n) is 5.17. The van der Waals surface area contributed by atoms with Crippen LogP contribution in [-0.4, -0.2) is 12.1 Å². The average Bonchev–Trinajstić information content (AvgIpc) is 2.72. The van der Waals surface area contributed by atoms with Crippen molar-refractivity contribution in [2.45, 2.75) is 13.5 Å². The summed E-state index contributed by atoms with van der Waals surface area (Å²) in [6.07, 6.45) is 0. The number of hydrogen-bond acceptors (Lipinski definition) is 4. The van der Waals surface area contributed by atoms with Gasteiger partial charge < -0.3 is 10.1 Å². The summed E-state index contributed by atoms with van der Waals surface area (Å²) in [6, 6.07) is 5.95. The maximum atomic E-state index is 5.19. The number of thiazole rings is 1. The lowest BCUT2D eigenvalue weighted by Gasteiger charge is -2.08. The van der Waals surface area contributed by atoms with Crippen molar-refractivity contribution in [1.29, 1.82) is 0 Å². The molecule has 0 amide bonds. The molecule has 1 aromatic heterocycles. The lowest BCUT2D eigenvalue weighted by molar-refractivity contribution is 0.412. The SMILES string of the molecule is COc1ccc(NCc2scnc2C)cc1Br. The quantitative estimate of drug-likeness (QED) is 0.931. The number of nitrogens with one attached hydrogen (secondary N) is 1. The normalized spacial score (nSPS) is 10.3. The van der Waals surface area contributed by atoms with Crippen molar-refractivity contribution < 1.29 is 4.74 Å². The average molecular weight is 313 g/mol. The minimum atomic E-state index is 0.801. The van der Waals surface area contributed by atoms with Gasteiger partial charge in [0.1, 0.15) is 5.75 Å². The van der Waals surface area contributed by atoms with E-state index in [0.29, 0.717) is 0 Å². The van der Waals surface area contributed by atoms with E-state index >= 15 is 0 Å². The molecule has 0 spiro atoms. The highest BCUT2D eigenvalue weighted by atomic mass is 79.9. The van der Waals surface area contributed by atoms with E-state index in [1.165, 1.54) is 4.88 Å². The fraction of sp³-hybridized carbons (Fsp3) is 0.250. The third-order valence-corrected chi connectivity index (χ3v) is 4.00. The molecule has 0 aliphatic heterocycles. The molecule has 0 atom stereocenters. The third kappa shape index (κ3) is 2.98. The maximum absolute atomic E-state index is 5.19. The lowest BCUT2D eigenvalue weighted by Crippen LogP contribution is -1.99. The number of methoxy groups -OCH3 is 1. The molecule has 0 saturated heterocycles. The Morgan fingerprint density at radius 2 is 2.29 bits per heavy atom. The Kier molecular flexibility index (Phi) is 4.02. The van der Waals surface area contributed by atoms with Crippen LogP contribution in [0.5, 0.6) is 5.75 Å². The molecule has 0 saturated carbocycles. The molecule has 0 fully saturated rings. The smallest absolute Gasteiger partial charge is 0.133 e. The molecule has 17 heavy (non-hydrogen) atoms. The molecule has 90 valence electrons. The van der Waals surface area contributed by atoms with Crippen molar-refractivity contribution in [2.75, 3.05) is 12.4 Å². The number of anilines is 1. The minimum absolute atomic E-state index is 0.801. The van der Waals surface area contributed by atoms with Gasteiger partial charge in [-0.25, -0.2) is 4.98 Å². The first-order chi connectivity index (χ1) is 8.20. The Balaban J connectivity index is 2.05. The summed E-state index contributed by atoms with van der Waals surface area (Å²) in [5.41, 5.74) is 4.02. The van der Waals surface area contributed by atoms with Crippen LogP contribution in [0.15, 0.2) is 28.2 Å². The fourth-order valence-electron chi connectivity index (χ4n) is 1.45. The standard InChI is InChI=1S/C12H13BrN2OS/c1-8-12(17-7-15-8)6-14-9-3-4-11(16-2)10(13)5-9/h3-5,7,14H,6H2,1-2H3. The summed E-state index contributed by atoms with van der Waals surface area (Å²) in [4.78, 5) is 5.48. The van der Waals surface area contributed by atoms with Gasteiger partial charge in [-0.3, -0.25) is 0 Å². The topological polar surface area (TPSA) is 34.1 Å². The zero-order valence-corrected chi connectivity index (χ0v) is 12.1. The molecule has 3 nitrogen and oxygen atoms in total. The molecule has 0 unspecified atom stereocenters. The number of benzene rings is 1. The van der Waals surface area contributed by atoms with Gasteiger partial charge in [0.25, 0.3) is 0 Å². The molecule has 1 N–H and O–H groups in total. The molecule has 0 aliphatic rings. The minimum Gasteiger partial charge on any atom is -0.496 e. The van der Waals surface area contributed by atoms with Crippen molar-refractivity contribution in [3.8, 4) is 5.75 Å². The maximum Gasteiger partial charge on any atom is 0.133 e. The molecular formula is C12H13BrN2OS. The van der Waals surface area contributed by atoms with Crippen LogP contribution in [0.1, 0.15) is 10.6 Å². The van der Waals surface area contributed by atoms with Crippen molar-refractivity contribution in [3.05, 3.63) is 38.8 Å². The molecule has 2 aromatic rings. The van der Waals surface area contributed by atoms with Crippen molar-refractivity contribution in [1.82, 2.24) is 4.98 Å². The Hall–Kier alpha value is -1.07. The second-order valence-electron chi connectivity index (χ2n) is 3.56. The Labute approximate surface area is 113 Å². The molecule has 0 radical (unpaired) electrons. The number of ether oxygens (including phenoxy) is 1. The van der Waals surface area contributed by atoms with Crippen molar-refractivity contribution >= 4 is 33.0 Å². The van der Waals surface area contributed by atoms with Crippen LogP contribution < -0.4 is 10.1 Å². The second kappa shape index (κ2) is 5.51. The molecule has 5 heteroatoms. The highest BCUT2D eigenvalue weighted by Gasteiger charge is 2.03. The first kappa shape index (κ1) is 12.4. The third-order valence-electron chi connectivity index (χ3n) is 2.45. The van der Waals surface area contributed by atoms with Crippen molar-refractivity contribution in [3.63, 3.8) is 0 Å². The van der Waals surface area contributed by atoms with Crippen LogP contribution in [-0.2, 0) is 6.54 Å². The molecule has 1 aromatic carbocycles. The fourth-order valence-corrected chi connectivity index (χ4v) is 2.71. The van der Waals surface area contributed by atoms with Gasteiger partial charge in [-0.1, -0.05) is 0 Å². The Bertz CT molecular complexity index is 513. The summed E-state index contributed by atoms with van der Waals surface area (Å²) in [5.74, 6) is 0.838. The first-order valence-corrected chi connectivity index (χ1v) is 6.84. The van der Waals surface area contributed by atoms with E-state index in [1.807, 2.05) is 30.6 Å². The highest BCUT2D eigenvalue weighted by Crippen LogP contribution is 2.28. The number of aromatic nitrogens is 1. The summed E-state index contributed by atoms with van der Waals surface area (Å²) in [5, 5.41) is 3.36. The summed E-state index contributed by atoms with van der Waals surface area (Å²) < 4.78 is 6.14. The Morgan fingerprint density at radius 3 is 2.88 bits per heavy atom. The molecule has 0 aliphatic carbocycles. The molecule has 1 heterocycles. The van der Waals surface area contributed by atoms with Gasteiger partial charge in [0.05, 0.1) is 29.3 Å². The molecule has 2 rings (SSSR count). The number of rotatable bonds is 4. The Morgan fingerprint density at radius 1 is 1.47 bits per heavy atom. The predicted octanol–water partition coefficient (Wildman–Crippen LogP) is 3.83. The van der Waals surface area contributed by atoms with E-state index in [4.69, 9.17) is 4.74 Å². The van der Waals surface area contributed by atoms with E-state index in [-0.39, 0.29) is 0 Å². The van der Waals surface area contributed by atoms with Crippen LogP contribution in [0, 0.1) is 6.92 Å². The number of aryl methyl sites for hydroxylation is 1. The van der Waals surface area contributed by atoms with Gasteiger partial charge >= 0.3 is 0 Å². The van der Waals surface area contributed by atoms with Gasteiger partial charge in [0, 0.05) is 10.6 Å². The van der Waals surface area contributed by atoms with Crippen LogP contribution in [0.4, 0.5) is 5.69 Å². The number of nitrogens with zero attached hydrogens (tertiary/aromatic N) is 1. The van der Waals surface area contributed by atoms with E-state index in [1.54, 1.807) is 18.4 Å². The van der Waals surface area contributed by atoms with Crippen LogP contribution >= 0.6 is 27.3 Å². The van der Waals surface area contributed by atoms with E-state index in [0.717, 1.165) is 28.1 Å². The molecular weight excluding hydrogens is 300 g/mol. The van der Waals surface area contributed by atoms with Gasteiger partial charge in [-0.15, -0.1) is 11.3 Å². The van der Waals surface area contributed by atoms with E-state index in [9.17, 15) is 0 Å². The van der Waals surface area contributed by atoms with Gasteiger partial charge in [0.15, 0.2) is 0 Å². The largest absolute Gasteiger partial charge is 0.496 e. The number of halogens is 1. The van der Waals surface area contributed by atoms with Gasteiger partial charge in [-0.2, -0.15) is 0 Å². The van der Waals surface area contributed by atoms with Crippen LogP contribution in [0.3, 0.4) is 0 Å². The van der Waals surface area contributed by atoms with E-state index < -0.39 is 0 Å². The lowest BCUT2D eigenvalue weighted by atomic mass is 10.3. The zero-order valence-electron chi connectivity index (χ0n) is 9.66. The number of hydrogen-bond donors (Lipinski definition) is 1. The van der Waals surface area contributed by atoms with Crippen molar-refractivity contribution in [2.24, 2.45) is 0 Å². The van der Waals surface area contributed by atoms with Crippen LogP contribution in [0.25, 0.3) is 0 Å². The summed E-state index contributed by atoms with van der Waals surface area (Å²) in [7, 11) is 1.66. The second-order valence-corrected chi connectivity index (χ2v) is 5.36. The predicted molar refractivity (Wildman–Crippen MR) is 74.9 cm³/mol. The zero-order chi connectivity index (χ0) is 12.3. The summed E-state index contributed by atoms with van der Waals surface area (Å²) >= 11 is 5.14. The van der Waals surface area contributed by atoms with E-state index in [2.05, 4.69) is 26.2 Å². The van der Waals surface area contributed by atoms with Gasteiger partial charge in [-0.05, 0) is 41.1 Å². The summed E-state index contributed by atoms with van der Waals surface area (Å²) in [6.45, 7) is 2.83. The monoisotopic (exact) mass is 312 g/mol. The molecule has 0 bridgehead atoms.